The normalized spacial score (nSPS) is 28.7. The number of nitrogens with zero attached hydrogens (tertiary/aromatic N) is 2. The van der Waals surface area contributed by atoms with Crippen LogP contribution in [0.2, 0.25) is 0 Å². The Kier molecular flexibility index (Phi) is 5.73. The van der Waals surface area contributed by atoms with E-state index in [-0.39, 0.29) is 13.0 Å². The van der Waals surface area contributed by atoms with Crippen molar-refractivity contribution < 1.29 is 19.0 Å². The van der Waals surface area contributed by atoms with Crippen LogP contribution < -0.4 is 5.32 Å². The van der Waals surface area contributed by atoms with Gasteiger partial charge in [0, 0.05) is 26.7 Å². The fraction of sp³-hybridized carbons (Fsp3) is 0.636. The smallest absolute Gasteiger partial charge is 0.211 e. The summed E-state index contributed by atoms with van der Waals surface area (Å²) in [4.78, 5) is 15.9. The molecule has 1 saturated heterocycles. The highest BCUT2D eigenvalue weighted by Crippen LogP contribution is 2.24. The van der Waals surface area contributed by atoms with Gasteiger partial charge in [-0.1, -0.05) is 0 Å². The molecule has 18 heavy (non-hydrogen) atoms. The average Bonchev–Trinajstić information content (AvgIpc) is 2.69. The molecular weight excluding hydrogens is 241 g/mol. The number of aliphatic hydroxyl groups is 1. The van der Waals surface area contributed by atoms with Crippen molar-refractivity contribution in [3.05, 3.63) is 12.3 Å². The molecule has 0 saturated carbocycles. The first-order valence-electron chi connectivity index (χ1n) is 5.60. The molecule has 0 aromatic heterocycles. The zero-order chi connectivity index (χ0) is 13.5. The Balaban J connectivity index is 2.72. The number of alkyl halides is 1. The largest absolute Gasteiger partial charge is 0.394 e. The highest BCUT2D eigenvalue weighted by atomic mass is 19.1. The van der Waals surface area contributed by atoms with Crippen molar-refractivity contribution in [2.24, 2.45) is 4.99 Å². The number of hydrogen-bond acceptors (Lipinski definition) is 4. The van der Waals surface area contributed by atoms with Crippen LogP contribution in [-0.4, -0.2) is 61.5 Å². The van der Waals surface area contributed by atoms with Crippen molar-refractivity contribution >= 4 is 12.2 Å². The summed E-state index contributed by atoms with van der Waals surface area (Å²) in [5.74, 6) is 0.468. The van der Waals surface area contributed by atoms with E-state index < -0.39 is 18.5 Å². The maximum absolute atomic E-state index is 13.6. The lowest BCUT2D eigenvalue weighted by molar-refractivity contribution is -0.108. The van der Waals surface area contributed by atoms with Gasteiger partial charge < -0.3 is 20.1 Å². The van der Waals surface area contributed by atoms with Gasteiger partial charge in [0.15, 0.2) is 6.23 Å². The van der Waals surface area contributed by atoms with E-state index in [0.717, 1.165) is 0 Å². The summed E-state index contributed by atoms with van der Waals surface area (Å²) >= 11 is 0. The first kappa shape index (κ1) is 14.6. The summed E-state index contributed by atoms with van der Waals surface area (Å²) in [6, 6.07) is 0. The number of carbonyl (C=O) groups is 1. The average molecular weight is 259 g/mol. The Morgan fingerprint density at radius 2 is 2.39 bits per heavy atom. The molecular formula is C11H18FN3O3. The molecule has 1 aliphatic rings. The number of halogens is 1. The molecule has 0 aliphatic carbocycles. The standard InChI is InChI=1S/C11H18FN3O3/c1-15(2)10(3-4-13-7-17)14-11-9(12)5-8(6-16)18-11/h3-4,7-9,11,16H,5-6H2,1-2H3,(H,13,17)/b4-3-,14-10+. The Bertz CT molecular complexity index is 333. The van der Waals surface area contributed by atoms with E-state index in [1.165, 1.54) is 12.3 Å². The van der Waals surface area contributed by atoms with Crippen molar-refractivity contribution in [1.82, 2.24) is 10.2 Å². The number of carbonyl (C=O) groups excluding carboxylic acids is 1. The van der Waals surface area contributed by atoms with Crippen LogP contribution >= 0.6 is 0 Å². The summed E-state index contributed by atoms with van der Waals surface area (Å²) in [7, 11) is 3.49. The van der Waals surface area contributed by atoms with Crippen molar-refractivity contribution in [3.63, 3.8) is 0 Å². The van der Waals surface area contributed by atoms with Crippen molar-refractivity contribution in [2.75, 3.05) is 20.7 Å². The second-order valence-electron chi connectivity index (χ2n) is 4.08. The Morgan fingerprint density at radius 1 is 1.67 bits per heavy atom. The molecule has 1 fully saturated rings. The van der Waals surface area contributed by atoms with E-state index in [4.69, 9.17) is 9.84 Å². The number of rotatable bonds is 5. The molecule has 1 amide bonds. The molecule has 102 valence electrons. The molecule has 0 bridgehead atoms. The first-order chi connectivity index (χ1) is 8.58. The number of amides is 1. The van der Waals surface area contributed by atoms with Gasteiger partial charge in [-0.25, -0.2) is 9.38 Å². The van der Waals surface area contributed by atoms with Crippen molar-refractivity contribution in [3.8, 4) is 0 Å². The molecule has 1 heterocycles. The lowest BCUT2D eigenvalue weighted by atomic mass is 10.2. The second kappa shape index (κ2) is 7.07. The quantitative estimate of drug-likeness (QED) is 0.402. The molecule has 1 aliphatic heterocycles. The molecule has 0 aromatic carbocycles. The summed E-state index contributed by atoms with van der Waals surface area (Å²) in [6.45, 7) is -0.216. The van der Waals surface area contributed by atoms with Crippen molar-refractivity contribution in [2.45, 2.75) is 24.9 Å². The lowest BCUT2D eigenvalue weighted by Crippen LogP contribution is -2.25. The summed E-state index contributed by atoms with van der Waals surface area (Å²) in [5.41, 5.74) is 0. The van der Waals surface area contributed by atoms with Gasteiger partial charge in [-0.2, -0.15) is 0 Å². The molecule has 0 radical (unpaired) electrons. The van der Waals surface area contributed by atoms with Gasteiger partial charge in [0.2, 0.25) is 6.41 Å². The number of ether oxygens (including phenoxy) is 1. The highest BCUT2D eigenvalue weighted by molar-refractivity contribution is 5.92. The van der Waals surface area contributed by atoms with Gasteiger partial charge >= 0.3 is 0 Å². The fourth-order valence-electron chi connectivity index (χ4n) is 1.53. The van der Waals surface area contributed by atoms with Gasteiger partial charge in [-0.15, -0.1) is 0 Å². The topological polar surface area (TPSA) is 74.2 Å². The molecule has 6 nitrogen and oxygen atoms in total. The van der Waals surface area contributed by atoms with E-state index in [9.17, 15) is 9.18 Å². The van der Waals surface area contributed by atoms with Gasteiger partial charge in [-0.05, 0) is 6.08 Å². The van der Waals surface area contributed by atoms with E-state index in [2.05, 4.69) is 10.3 Å². The SMILES string of the molecule is CN(C)C(/C=C\NC=O)=N/C1OC(CO)CC1F. The van der Waals surface area contributed by atoms with Gasteiger partial charge in [0.25, 0.3) is 0 Å². The van der Waals surface area contributed by atoms with Gasteiger partial charge in [0.1, 0.15) is 12.0 Å². The molecule has 3 atom stereocenters. The highest BCUT2D eigenvalue weighted by Gasteiger charge is 2.35. The van der Waals surface area contributed by atoms with Crippen molar-refractivity contribution in [1.29, 1.82) is 0 Å². The van der Waals surface area contributed by atoms with E-state index in [1.54, 1.807) is 19.0 Å². The monoisotopic (exact) mass is 259 g/mol. The maximum Gasteiger partial charge on any atom is 0.211 e. The molecule has 7 heteroatoms. The van der Waals surface area contributed by atoms with E-state index in [1.807, 2.05) is 0 Å². The predicted octanol–water partition coefficient (Wildman–Crippen LogP) is -0.348. The third-order valence-corrected chi connectivity index (χ3v) is 2.45. The number of amidine groups is 1. The van der Waals surface area contributed by atoms with Crippen LogP contribution in [0, 0.1) is 0 Å². The van der Waals surface area contributed by atoms with Crippen LogP contribution in [0.15, 0.2) is 17.3 Å². The lowest BCUT2D eigenvalue weighted by Gasteiger charge is -2.16. The first-order valence-corrected chi connectivity index (χ1v) is 5.60. The second-order valence-corrected chi connectivity index (χ2v) is 4.08. The van der Waals surface area contributed by atoms with Crippen LogP contribution in [0.5, 0.6) is 0 Å². The third-order valence-electron chi connectivity index (χ3n) is 2.45. The number of aliphatic hydroxyl groups excluding tert-OH is 1. The van der Waals surface area contributed by atoms with Crippen LogP contribution in [0.4, 0.5) is 4.39 Å². The van der Waals surface area contributed by atoms with Gasteiger partial charge in [-0.3, -0.25) is 4.79 Å². The van der Waals surface area contributed by atoms with Crippen LogP contribution in [-0.2, 0) is 9.53 Å². The number of likely N-dealkylation sites (N-methyl/N-ethyl adjacent to an activating group) is 1. The van der Waals surface area contributed by atoms with E-state index in [0.29, 0.717) is 12.2 Å². The summed E-state index contributed by atoms with van der Waals surface area (Å²) < 4.78 is 18.8. The van der Waals surface area contributed by atoms with Crippen LogP contribution in [0.25, 0.3) is 0 Å². The Hall–Kier alpha value is -1.47. The third kappa shape index (κ3) is 4.08. The van der Waals surface area contributed by atoms with Crippen LogP contribution in [0.1, 0.15) is 6.42 Å². The number of aliphatic imine (C=N–C) groups is 1. The minimum Gasteiger partial charge on any atom is -0.394 e. The molecule has 1 rings (SSSR count). The van der Waals surface area contributed by atoms with E-state index >= 15 is 0 Å². The molecule has 0 spiro atoms. The Morgan fingerprint density at radius 3 is 2.89 bits per heavy atom. The molecule has 3 unspecified atom stereocenters. The summed E-state index contributed by atoms with van der Waals surface area (Å²) in [6.07, 6.45) is 0.949. The zero-order valence-electron chi connectivity index (χ0n) is 10.4. The number of hydrogen-bond donors (Lipinski definition) is 2. The molecule has 2 N–H and O–H groups in total. The predicted molar refractivity (Wildman–Crippen MR) is 64.7 cm³/mol. The number of nitrogens with one attached hydrogen (secondary N) is 1. The molecule has 0 aromatic rings. The maximum atomic E-state index is 13.6. The zero-order valence-corrected chi connectivity index (χ0v) is 10.4. The minimum atomic E-state index is -1.23. The fourth-order valence-corrected chi connectivity index (χ4v) is 1.53. The summed E-state index contributed by atoms with van der Waals surface area (Å²) in [5, 5.41) is 11.3. The minimum absolute atomic E-state index is 0.141. The van der Waals surface area contributed by atoms with Gasteiger partial charge in [0.05, 0.1) is 12.7 Å². The Labute approximate surface area is 105 Å². The van der Waals surface area contributed by atoms with Crippen LogP contribution in [0.3, 0.4) is 0 Å².